The van der Waals surface area contributed by atoms with Gasteiger partial charge in [-0.1, -0.05) is 83.2 Å². The fraction of sp³-hybridized carbons (Fsp3) is 0.484. The van der Waals surface area contributed by atoms with Gasteiger partial charge in [0.1, 0.15) is 23.7 Å². The Balaban J connectivity index is 0.654. The molecule has 5 amide bonds. The number of piperazine rings is 1. The summed E-state index contributed by atoms with van der Waals surface area (Å²) in [4.78, 5) is 79.2. The number of β-amino-alcohol motifs (C(OH)–C–C–N with tert-alkyl or cyclic N) is 1. The zero-order chi connectivity index (χ0) is 60.0. The molecule has 85 heavy (non-hydrogen) atoms. The average molecular weight is 1190 g/mol. The number of aromatic nitrogens is 3. The standard InChI is InChI=1S/C64H81F2N11O7S/c1-41-58(85-40-69-41)45-16-13-42(14-17-45)37-68-62(82)55-36-50(78)38-77(55)63(83)59(64(2,3)4)71-56(79)12-10-8-6-5-7-9-11-23-67-57(80)39-75-24-26-76(27-25-75)49-18-19-51(54(35-49)70-48-21-28-84-29-22-48)61(81)72-60-52-33-43(15-20-53(52)73-74-60)30-44-31-46(65)34-47(66)32-44/h13-20,31-35,40,48,50,55,59,70,78H,5-12,21-30,36-39H2,1-4H3,(H,67,80)(H,68,82)(H,71,79)(H2,72,73,74,81)/t50-,55+,59-/m1/s1. The number of thiazole rings is 1. The van der Waals surface area contributed by atoms with Crippen LogP contribution in [0, 0.1) is 24.0 Å². The Labute approximate surface area is 500 Å². The predicted octanol–water partition coefficient (Wildman–Crippen LogP) is 8.88. The monoisotopic (exact) mass is 1190 g/mol. The molecule has 6 aromatic rings. The lowest BCUT2D eigenvalue weighted by molar-refractivity contribution is -0.144. The number of hydrogen-bond donors (Lipinski definition) is 7. The number of aromatic amines is 1. The topological polar surface area (TPSA) is 226 Å². The van der Waals surface area contributed by atoms with Crippen molar-refractivity contribution in [3.63, 3.8) is 0 Å². The number of rotatable bonds is 25. The second-order valence-corrected chi connectivity index (χ2v) is 24.8. The third-order valence-corrected chi connectivity index (χ3v) is 17.2. The number of aliphatic hydroxyl groups is 1. The van der Waals surface area contributed by atoms with Gasteiger partial charge in [-0.2, -0.15) is 5.10 Å². The van der Waals surface area contributed by atoms with E-state index in [1.165, 1.54) is 17.0 Å². The third kappa shape index (κ3) is 17.2. The zero-order valence-electron chi connectivity index (χ0n) is 49.2. The number of hydrogen-bond acceptors (Lipinski definition) is 13. The highest BCUT2D eigenvalue weighted by Gasteiger charge is 2.44. The molecule has 3 aliphatic rings. The second-order valence-electron chi connectivity index (χ2n) is 23.9. The van der Waals surface area contributed by atoms with Gasteiger partial charge in [-0.3, -0.25) is 34.0 Å². The van der Waals surface area contributed by atoms with Gasteiger partial charge in [0.15, 0.2) is 5.82 Å². The third-order valence-electron chi connectivity index (χ3n) is 16.2. The van der Waals surface area contributed by atoms with E-state index in [-0.39, 0.29) is 61.5 Å². The molecule has 18 nitrogen and oxygen atoms in total. The van der Waals surface area contributed by atoms with Crippen molar-refractivity contribution in [3.05, 3.63) is 124 Å². The van der Waals surface area contributed by atoms with Crippen molar-refractivity contribution < 1.29 is 42.6 Å². The number of H-pyrrole nitrogens is 1. The van der Waals surface area contributed by atoms with Gasteiger partial charge in [-0.05, 0) is 109 Å². The van der Waals surface area contributed by atoms with Gasteiger partial charge in [0, 0.05) is 101 Å². The van der Waals surface area contributed by atoms with E-state index in [0.29, 0.717) is 98.9 Å². The van der Waals surface area contributed by atoms with E-state index >= 15 is 0 Å². The van der Waals surface area contributed by atoms with Crippen LogP contribution < -0.4 is 31.5 Å². The largest absolute Gasteiger partial charge is 0.391 e. The van der Waals surface area contributed by atoms with Crippen molar-refractivity contribution in [2.45, 2.75) is 136 Å². The summed E-state index contributed by atoms with van der Waals surface area (Å²) in [7, 11) is 0. The summed E-state index contributed by atoms with van der Waals surface area (Å²) in [6.07, 6.45) is 7.87. The Morgan fingerprint density at radius 1 is 0.812 bits per heavy atom. The molecule has 3 saturated heterocycles. The Morgan fingerprint density at radius 2 is 1.52 bits per heavy atom. The molecule has 3 aliphatic heterocycles. The summed E-state index contributed by atoms with van der Waals surface area (Å²) in [5.41, 5.74) is 8.25. The number of nitrogens with zero attached hydrogens (tertiary/aromatic N) is 5. The molecular formula is C64H81F2N11O7S. The Kier molecular flexibility index (Phi) is 21.4. The molecule has 454 valence electrons. The van der Waals surface area contributed by atoms with E-state index in [1.54, 1.807) is 11.3 Å². The molecule has 0 aliphatic carbocycles. The molecule has 21 heteroatoms. The highest BCUT2D eigenvalue weighted by Crippen LogP contribution is 2.32. The van der Waals surface area contributed by atoms with Crippen molar-refractivity contribution in [2.75, 3.05) is 74.6 Å². The van der Waals surface area contributed by atoms with E-state index in [2.05, 4.69) is 51.6 Å². The van der Waals surface area contributed by atoms with Gasteiger partial charge in [0.05, 0.1) is 39.8 Å². The number of likely N-dealkylation sites (tertiary alicyclic amines) is 1. The van der Waals surface area contributed by atoms with E-state index < -0.39 is 35.2 Å². The minimum atomic E-state index is -0.873. The number of carbonyl (C=O) groups excluding carboxylic acids is 5. The minimum Gasteiger partial charge on any atom is -0.391 e. The van der Waals surface area contributed by atoms with Gasteiger partial charge in [0.25, 0.3) is 5.91 Å². The van der Waals surface area contributed by atoms with Gasteiger partial charge < -0.3 is 46.2 Å². The molecule has 0 unspecified atom stereocenters. The van der Waals surface area contributed by atoms with Crippen molar-refractivity contribution in [1.82, 2.24) is 40.9 Å². The highest BCUT2D eigenvalue weighted by molar-refractivity contribution is 7.13. The van der Waals surface area contributed by atoms with Gasteiger partial charge in [0.2, 0.25) is 23.6 Å². The lowest BCUT2D eigenvalue weighted by Gasteiger charge is -2.36. The molecule has 7 N–H and O–H groups in total. The second kappa shape index (κ2) is 29.2. The smallest absolute Gasteiger partial charge is 0.258 e. The maximum atomic E-state index is 14.1. The van der Waals surface area contributed by atoms with Crippen LogP contribution in [0.25, 0.3) is 21.3 Å². The molecule has 9 rings (SSSR count). The molecule has 3 fully saturated rings. The number of halogens is 2. The Bertz CT molecular complexity index is 3240. The van der Waals surface area contributed by atoms with E-state index in [1.807, 2.05) is 93.9 Å². The van der Waals surface area contributed by atoms with Crippen LogP contribution in [0.2, 0.25) is 0 Å². The number of fused-ring (bicyclic) bond motifs is 1. The number of ether oxygens (including phenoxy) is 1. The van der Waals surface area contributed by atoms with Crippen LogP contribution in [0.1, 0.15) is 124 Å². The minimum absolute atomic E-state index is 0.00268. The Hall–Kier alpha value is -7.33. The summed E-state index contributed by atoms with van der Waals surface area (Å²) >= 11 is 1.58. The van der Waals surface area contributed by atoms with E-state index in [4.69, 9.17) is 4.74 Å². The maximum Gasteiger partial charge on any atom is 0.258 e. The molecule has 0 saturated carbocycles. The molecule has 5 heterocycles. The van der Waals surface area contributed by atoms with Crippen LogP contribution in [0.3, 0.4) is 0 Å². The number of unbranched alkanes of at least 4 members (excludes halogenated alkanes) is 6. The van der Waals surface area contributed by atoms with Crippen LogP contribution >= 0.6 is 11.3 Å². The van der Waals surface area contributed by atoms with Gasteiger partial charge in [-0.15, -0.1) is 11.3 Å². The molecule has 0 radical (unpaired) electrons. The Morgan fingerprint density at radius 3 is 2.22 bits per heavy atom. The van der Waals surface area contributed by atoms with E-state index in [9.17, 15) is 37.9 Å². The number of aliphatic hydroxyl groups excluding tert-OH is 1. The van der Waals surface area contributed by atoms with Crippen LogP contribution in [0.4, 0.5) is 26.0 Å². The number of anilines is 3. The summed E-state index contributed by atoms with van der Waals surface area (Å²) in [5.74, 6) is -2.20. The van der Waals surface area contributed by atoms with Crippen molar-refractivity contribution >= 4 is 69.0 Å². The van der Waals surface area contributed by atoms with Crippen molar-refractivity contribution in [1.29, 1.82) is 0 Å². The summed E-state index contributed by atoms with van der Waals surface area (Å²) in [6.45, 7) is 12.9. The zero-order valence-corrected chi connectivity index (χ0v) is 50.1. The van der Waals surface area contributed by atoms with Crippen molar-refractivity contribution in [2.24, 2.45) is 5.41 Å². The first-order valence-electron chi connectivity index (χ1n) is 29.9. The van der Waals surface area contributed by atoms with Crippen molar-refractivity contribution in [3.8, 4) is 10.4 Å². The van der Waals surface area contributed by atoms with Crippen LogP contribution in [-0.2, 0) is 36.9 Å². The number of benzene rings is 4. The van der Waals surface area contributed by atoms with Crippen LogP contribution in [0.15, 0.2) is 84.4 Å². The van der Waals surface area contributed by atoms with E-state index in [0.717, 1.165) is 90.4 Å². The van der Waals surface area contributed by atoms with Crippen LogP contribution in [-0.4, -0.2) is 143 Å². The number of aryl methyl sites for hydroxylation is 1. The molecule has 3 atom stereocenters. The number of carbonyl (C=O) groups is 5. The molecule has 2 aromatic heterocycles. The number of nitrogens with one attached hydrogen (secondary N) is 6. The fourth-order valence-electron chi connectivity index (χ4n) is 11.5. The average Bonchev–Trinajstić information content (AvgIpc) is 3.42. The maximum absolute atomic E-state index is 14.1. The summed E-state index contributed by atoms with van der Waals surface area (Å²) in [5, 5.41) is 34.3. The summed E-state index contributed by atoms with van der Waals surface area (Å²) in [6, 6.07) is 21.1. The van der Waals surface area contributed by atoms with Gasteiger partial charge in [-0.25, -0.2) is 13.8 Å². The first-order valence-corrected chi connectivity index (χ1v) is 30.8. The summed E-state index contributed by atoms with van der Waals surface area (Å²) < 4.78 is 33.5. The number of amides is 5. The molecular weight excluding hydrogens is 1100 g/mol. The van der Waals surface area contributed by atoms with Crippen LogP contribution in [0.5, 0.6) is 0 Å². The van der Waals surface area contributed by atoms with Gasteiger partial charge >= 0.3 is 0 Å². The highest BCUT2D eigenvalue weighted by atomic mass is 32.1. The quantitative estimate of drug-likeness (QED) is 0.0267. The lowest BCUT2D eigenvalue weighted by Crippen LogP contribution is -2.57. The lowest BCUT2D eigenvalue weighted by atomic mass is 9.85. The predicted molar refractivity (Wildman–Crippen MR) is 327 cm³/mol. The fourth-order valence-corrected chi connectivity index (χ4v) is 12.3. The molecule has 4 aromatic carbocycles. The first kappa shape index (κ1) is 62.2. The molecule has 0 spiro atoms. The SMILES string of the molecule is Cc1ncsc1-c1ccc(CNC(=O)[C@@H]2C[C@@H](O)CN2C(=O)[C@@H](NC(=O)CCCCCCCCCNC(=O)CN2CCN(c3ccc(C(=O)Nc4n[nH]c5ccc(Cc6cc(F)cc(F)c6)cc45)c(NC4CCOCC4)c3)CC2)C(C)(C)C)cc1. The first-order chi connectivity index (χ1) is 40.9. The normalized spacial score (nSPS) is 17.2. The molecule has 0 bridgehead atoms.